The molecule has 1 aromatic heterocycles. The first-order valence-electron chi connectivity index (χ1n) is 36.2. The summed E-state index contributed by atoms with van der Waals surface area (Å²) in [4.78, 5) is 237. The molecular weight excluding hydrogens is 1430 g/mol. The molecule has 11 atom stereocenters. The van der Waals surface area contributed by atoms with Crippen molar-refractivity contribution >= 4 is 106 Å². The maximum atomic E-state index is 15.5. The van der Waals surface area contributed by atoms with E-state index in [-0.39, 0.29) is 51.1 Å². The fourth-order valence-corrected chi connectivity index (χ4v) is 13.4. The Balaban J connectivity index is 1.24. The van der Waals surface area contributed by atoms with E-state index in [2.05, 4.69) is 36.9 Å². The number of methoxy groups -OCH3 is 1. The number of alkyl carbamates (subject to hydrolysis) is 1. The fraction of sp³-hybridized carbons (Fsp3) is 0.575. The van der Waals surface area contributed by atoms with Gasteiger partial charge in [-0.3, -0.25) is 67.1 Å². The highest BCUT2D eigenvalue weighted by molar-refractivity contribution is 6.02. The Morgan fingerprint density at radius 1 is 0.578 bits per heavy atom. The van der Waals surface area contributed by atoms with Gasteiger partial charge in [-0.05, 0) is 81.9 Å². The highest BCUT2D eigenvalue weighted by atomic mass is 16.7. The summed E-state index contributed by atoms with van der Waals surface area (Å²) >= 11 is 0. The van der Waals surface area contributed by atoms with Crippen LogP contribution in [0.4, 0.5) is 4.79 Å². The second-order valence-electron chi connectivity index (χ2n) is 27.3. The number of ether oxygens (including phenoxy) is 7. The van der Waals surface area contributed by atoms with Gasteiger partial charge in [0.05, 0.1) is 38.8 Å². The molecule has 0 unspecified atom stereocenters. The predicted octanol–water partition coefficient (Wildman–Crippen LogP) is -0.396. The number of carbonyl (C=O) groups is 16. The van der Waals surface area contributed by atoms with Gasteiger partial charge in [0, 0.05) is 79.5 Å². The minimum Gasteiger partial charge on any atom is -0.467 e. The molecule has 0 radical (unpaired) electrons. The number of fused-ring (bicyclic) bond motifs is 3. The molecule has 4 saturated heterocycles. The normalized spacial score (nSPS) is 24.7. The van der Waals surface area contributed by atoms with Crippen LogP contribution in [0.1, 0.15) is 117 Å². The van der Waals surface area contributed by atoms with E-state index in [4.69, 9.17) is 33.2 Å². The summed E-state index contributed by atoms with van der Waals surface area (Å²) in [5, 5.41) is 16.0. The van der Waals surface area contributed by atoms with Gasteiger partial charge in [0.1, 0.15) is 42.9 Å². The van der Waals surface area contributed by atoms with Crippen molar-refractivity contribution in [2.24, 2.45) is 11.8 Å². The number of hydrogen-bond acceptors (Lipinski definition) is 24. The lowest BCUT2D eigenvalue weighted by Gasteiger charge is -2.43. The van der Waals surface area contributed by atoms with E-state index in [0.29, 0.717) is 36.6 Å². The van der Waals surface area contributed by atoms with Gasteiger partial charge in [0.2, 0.25) is 71.5 Å². The molecule has 12 amide bonds. The maximum absolute atomic E-state index is 15.5. The summed E-state index contributed by atoms with van der Waals surface area (Å²) in [6, 6.07) is 7.72. The third-order valence-electron chi connectivity index (χ3n) is 18.9. The summed E-state index contributed by atoms with van der Waals surface area (Å²) in [6.45, 7) is 8.25. The van der Waals surface area contributed by atoms with Crippen LogP contribution in [0.15, 0.2) is 60.7 Å². The first-order valence-corrected chi connectivity index (χ1v) is 36.2. The van der Waals surface area contributed by atoms with E-state index in [1.54, 1.807) is 90.1 Å². The lowest BCUT2D eigenvalue weighted by molar-refractivity contribution is -0.282. The summed E-state index contributed by atoms with van der Waals surface area (Å²) in [6.07, 6.45) is -8.81. The third-order valence-corrected chi connectivity index (χ3v) is 18.9. The SMILES string of the molecule is CCN1CC(=O)N(C)[C@@H](C(C)C)C(=O)NC[C@@H](NC(=O)c2nc3ccccc3cc2O[C@@H]2O[C@H](C(=O)OC)[C@@H](OC(C)=O)[C@H](OC(C)=O)[C@H]2OC(C)=O)C(=O)N2CCCC[C@H]2C(=O)NCC(=O)N(CC)CC(=O)N(C)[C@@H](C(C)C)C(=O)NC[C@@H](NC(=O)OCc2ccccc2)C(=O)N2CCCC[C@H]2C(=O)NCC1=O. The van der Waals surface area contributed by atoms with Crippen LogP contribution in [0.3, 0.4) is 0 Å². The molecule has 109 heavy (non-hydrogen) atoms. The molecule has 7 rings (SSSR count). The van der Waals surface area contributed by atoms with E-state index in [1.165, 1.54) is 31.1 Å². The van der Waals surface area contributed by atoms with Crippen LogP contribution in [0.5, 0.6) is 5.75 Å². The van der Waals surface area contributed by atoms with Crippen molar-refractivity contribution in [1.82, 2.24) is 66.3 Å². The largest absolute Gasteiger partial charge is 0.467 e. The molecule has 4 aliphatic rings. The van der Waals surface area contributed by atoms with Gasteiger partial charge in [0.25, 0.3) is 5.91 Å². The maximum Gasteiger partial charge on any atom is 0.408 e. The Bertz CT molecular complexity index is 3860. The van der Waals surface area contributed by atoms with Crippen molar-refractivity contribution in [1.29, 1.82) is 0 Å². The number of pyridine rings is 1. The summed E-state index contributed by atoms with van der Waals surface area (Å²) in [5.74, 6) is -15.1. The Morgan fingerprint density at radius 2 is 1.05 bits per heavy atom. The summed E-state index contributed by atoms with van der Waals surface area (Å²) in [5.41, 5.74) is 0.168. The molecule has 2 aromatic carbocycles. The molecule has 5 heterocycles. The predicted molar refractivity (Wildman–Crippen MR) is 383 cm³/mol. The van der Waals surface area contributed by atoms with E-state index in [9.17, 15) is 67.1 Å². The zero-order valence-electron chi connectivity index (χ0n) is 63.3. The first-order chi connectivity index (χ1) is 51.8. The number of nitrogens with zero attached hydrogens (tertiary/aromatic N) is 7. The zero-order valence-corrected chi connectivity index (χ0v) is 63.3. The standard InChI is InChI=1S/C73H99N13O23/c1-13-83-37-55(92)81(10)58(40(3)4)67(97)74-33-48(79-66(96)57-52(32-46-26-18-19-27-47(46)78-57)108-72-63(107-44(9)89)61(106-43(8)88)60(105-42(7)87)62(109-72)71(101)103-12)69(99)85-30-22-20-28-50(85)64(94)76-35-53(90)84(14-2)38-56(93)82(11)59(41(5)6)68(98)75-34-49(80-73(102)104-39-45-24-16-15-17-25-45)70(100)86-31-23-21-29-51(86)65(95)77-36-54(83)91/h15-19,24-27,32,40-41,48-51,58-63,72H,13-14,20-23,28-31,33-39H2,1-12H3,(H,74,97)(H,75,98)(H,76,94)(H,77,95)(H,79,96)(H,80,102)/t48-,49-,50+,51+,58+,59+,60+,61+,62+,63-,72-/m1/s1. The van der Waals surface area contributed by atoms with Crippen LogP contribution in [-0.2, 0) is 102 Å². The number of likely N-dealkylation sites (N-methyl/N-ethyl adjacent to an activating group) is 4. The monoisotopic (exact) mass is 1530 g/mol. The van der Waals surface area contributed by atoms with E-state index in [0.717, 1.165) is 52.4 Å². The summed E-state index contributed by atoms with van der Waals surface area (Å²) < 4.78 is 39.4. The number of para-hydroxylation sites is 1. The highest BCUT2D eigenvalue weighted by Crippen LogP contribution is 2.34. The number of esters is 4. The van der Waals surface area contributed by atoms with Gasteiger partial charge in [-0.1, -0.05) is 76.2 Å². The quantitative estimate of drug-likeness (QED) is 0.0833. The van der Waals surface area contributed by atoms with Crippen LogP contribution >= 0.6 is 0 Å². The lowest BCUT2D eigenvalue weighted by Crippen LogP contribution is -2.64. The number of hydrogen-bond donors (Lipinski definition) is 6. The smallest absolute Gasteiger partial charge is 0.408 e. The molecule has 3 aromatic rings. The molecule has 0 spiro atoms. The molecule has 36 heteroatoms. The van der Waals surface area contributed by atoms with Gasteiger partial charge in [-0.15, -0.1) is 0 Å². The molecule has 0 bridgehead atoms. The van der Waals surface area contributed by atoms with Crippen LogP contribution < -0.4 is 36.6 Å². The first kappa shape index (κ1) is 85.2. The third kappa shape index (κ3) is 22.5. The van der Waals surface area contributed by atoms with Gasteiger partial charge in [-0.25, -0.2) is 14.6 Å². The Labute approximate surface area is 630 Å². The number of nitrogens with one attached hydrogen (secondary N) is 6. The summed E-state index contributed by atoms with van der Waals surface area (Å²) in [7, 11) is 3.62. The highest BCUT2D eigenvalue weighted by Gasteiger charge is 2.56. The van der Waals surface area contributed by atoms with Crippen LogP contribution in [0.2, 0.25) is 0 Å². The number of aromatic nitrogens is 1. The number of piperidine rings is 2. The van der Waals surface area contributed by atoms with Crippen molar-refractivity contribution in [2.75, 3.05) is 86.7 Å². The van der Waals surface area contributed by atoms with Crippen LogP contribution in [0, 0.1) is 11.8 Å². The van der Waals surface area contributed by atoms with Crippen molar-refractivity contribution in [3.8, 4) is 5.75 Å². The lowest BCUT2D eigenvalue weighted by atomic mass is 9.97. The molecule has 0 saturated carbocycles. The zero-order chi connectivity index (χ0) is 80.1. The van der Waals surface area contributed by atoms with Crippen molar-refractivity contribution < 1.29 is 110 Å². The fourth-order valence-electron chi connectivity index (χ4n) is 13.4. The van der Waals surface area contributed by atoms with E-state index in [1.807, 2.05) is 0 Å². The topological polar surface area (TPSA) is 442 Å². The average Bonchev–Trinajstić information content (AvgIpc) is 0.767. The van der Waals surface area contributed by atoms with Crippen molar-refractivity contribution in [3.63, 3.8) is 0 Å². The Morgan fingerprint density at radius 3 is 1.52 bits per heavy atom. The Hall–Kier alpha value is -11.1. The second kappa shape index (κ2) is 39.7. The number of benzene rings is 2. The molecule has 4 aliphatic heterocycles. The Kier molecular flexibility index (Phi) is 31.0. The minimum atomic E-state index is -2.03. The van der Waals surface area contributed by atoms with E-state index >= 15 is 9.59 Å². The molecule has 4 fully saturated rings. The molecular formula is C73H99N13O23. The number of carbonyl (C=O) groups excluding carboxylic acids is 16. The van der Waals surface area contributed by atoms with E-state index < -0.39 is 224 Å². The second-order valence-corrected chi connectivity index (χ2v) is 27.3. The number of rotatable bonds is 15. The van der Waals surface area contributed by atoms with Crippen molar-refractivity contribution in [2.45, 2.75) is 174 Å². The molecule has 36 nitrogen and oxygen atoms in total. The molecule has 6 N–H and O–H groups in total. The van der Waals surface area contributed by atoms with Gasteiger partial charge in [0.15, 0.2) is 29.8 Å². The van der Waals surface area contributed by atoms with Crippen molar-refractivity contribution in [3.05, 3.63) is 71.9 Å². The number of amides is 12. The molecule has 594 valence electrons. The van der Waals surface area contributed by atoms with Gasteiger partial charge < -0.3 is 94.5 Å². The molecule has 0 aliphatic carbocycles. The van der Waals surface area contributed by atoms with Gasteiger partial charge >= 0.3 is 30.0 Å². The van der Waals surface area contributed by atoms with Gasteiger partial charge in [-0.2, -0.15) is 0 Å². The average molecular weight is 1530 g/mol. The van der Waals surface area contributed by atoms with Crippen LogP contribution in [-0.4, -0.2) is 283 Å². The minimum absolute atomic E-state index is 0.0145. The van der Waals surface area contributed by atoms with Crippen LogP contribution in [0.25, 0.3) is 10.9 Å².